The number of benzene rings is 3. The van der Waals surface area contributed by atoms with Crippen molar-refractivity contribution in [2.45, 2.75) is 0 Å². The van der Waals surface area contributed by atoms with Crippen LogP contribution in [0.15, 0.2) is 86.5 Å². The smallest absolute Gasteiger partial charge is 0.256 e. The Morgan fingerprint density at radius 1 is 0.640 bits per heavy atom. The number of pyridine rings is 1. The minimum Gasteiger partial charge on any atom is -0.321 e. The van der Waals surface area contributed by atoms with E-state index in [0.717, 1.165) is 36.7 Å². The highest BCUT2D eigenvalue weighted by Crippen LogP contribution is 2.36. The van der Waals surface area contributed by atoms with Crippen LogP contribution in [0.5, 0.6) is 0 Å². The molecule has 4 heteroatoms. The van der Waals surface area contributed by atoms with Crippen LogP contribution in [0.25, 0.3) is 33.2 Å². The molecule has 0 fully saturated rings. The van der Waals surface area contributed by atoms with E-state index >= 15 is 0 Å². The molecule has 3 aromatic carbocycles. The van der Waals surface area contributed by atoms with Crippen molar-refractivity contribution >= 4 is 42.6 Å². The summed E-state index contributed by atoms with van der Waals surface area (Å²) in [6.45, 7) is 0. The first-order chi connectivity index (χ1) is 12.1. The highest BCUT2D eigenvalue weighted by atomic mass is 79.9. The summed E-state index contributed by atoms with van der Waals surface area (Å²) < 4.78 is 2.03. The fraction of sp³-hybridized carbons (Fsp3) is 0. The molecule has 1 heterocycles. The van der Waals surface area contributed by atoms with E-state index < -0.39 is 0 Å². The van der Waals surface area contributed by atoms with Crippen molar-refractivity contribution in [3.8, 4) is 22.4 Å². The summed E-state index contributed by atoms with van der Waals surface area (Å²) in [6.07, 6.45) is 0. The molecule has 0 saturated carbocycles. The van der Waals surface area contributed by atoms with Crippen molar-refractivity contribution in [1.82, 2.24) is 4.98 Å². The lowest BCUT2D eigenvalue weighted by Gasteiger charge is -2.14. The van der Waals surface area contributed by atoms with Crippen molar-refractivity contribution in [1.29, 1.82) is 0 Å². The molecule has 1 N–H and O–H groups in total. The first-order valence-corrected chi connectivity index (χ1v) is 9.39. The van der Waals surface area contributed by atoms with Crippen molar-refractivity contribution < 1.29 is 0 Å². The molecule has 0 radical (unpaired) electrons. The van der Waals surface area contributed by atoms with Crippen LogP contribution in [-0.2, 0) is 0 Å². The van der Waals surface area contributed by atoms with Gasteiger partial charge in [-0.25, -0.2) is 0 Å². The number of aromatic amines is 1. The van der Waals surface area contributed by atoms with E-state index in [4.69, 9.17) is 0 Å². The zero-order valence-electron chi connectivity index (χ0n) is 13.1. The predicted molar refractivity (Wildman–Crippen MR) is 111 cm³/mol. The second-order valence-corrected chi connectivity index (χ2v) is 7.59. The van der Waals surface area contributed by atoms with E-state index in [0.29, 0.717) is 5.39 Å². The van der Waals surface area contributed by atoms with Crippen LogP contribution in [0, 0.1) is 0 Å². The minimum atomic E-state index is -0.0746. The summed E-state index contributed by atoms with van der Waals surface area (Å²) in [4.78, 5) is 15.7. The summed E-state index contributed by atoms with van der Waals surface area (Å²) >= 11 is 6.95. The first kappa shape index (κ1) is 16.3. The molecule has 4 aromatic rings. The molecular weight excluding hydrogens is 442 g/mol. The van der Waals surface area contributed by atoms with E-state index in [1.165, 1.54) is 0 Å². The molecule has 0 aliphatic carbocycles. The standard InChI is InChI=1S/C21H13Br2NO/c22-15-9-5-13(6-10-15)19-17-3-1-2-4-18(17)21(25)24-20(19)14-7-11-16(23)12-8-14/h1-12H,(H,24,25). The molecule has 0 aliphatic heterocycles. The Morgan fingerprint density at radius 3 is 1.76 bits per heavy atom. The number of hydrogen-bond donors (Lipinski definition) is 1. The highest BCUT2D eigenvalue weighted by molar-refractivity contribution is 9.10. The summed E-state index contributed by atoms with van der Waals surface area (Å²) in [6, 6.07) is 23.9. The maximum atomic E-state index is 12.6. The van der Waals surface area contributed by atoms with Gasteiger partial charge in [-0.1, -0.05) is 74.3 Å². The fourth-order valence-electron chi connectivity index (χ4n) is 3.03. The number of aromatic nitrogens is 1. The predicted octanol–water partition coefficient (Wildman–Crippen LogP) is 6.39. The molecule has 25 heavy (non-hydrogen) atoms. The van der Waals surface area contributed by atoms with E-state index in [9.17, 15) is 4.79 Å². The van der Waals surface area contributed by atoms with Gasteiger partial charge in [0.1, 0.15) is 0 Å². The van der Waals surface area contributed by atoms with Crippen molar-refractivity contribution in [3.05, 3.63) is 92.1 Å². The average Bonchev–Trinajstić information content (AvgIpc) is 2.63. The Hall–Kier alpha value is -2.17. The SMILES string of the molecule is O=c1[nH]c(-c2ccc(Br)cc2)c(-c2ccc(Br)cc2)c2ccccc12. The van der Waals surface area contributed by atoms with Gasteiger partial charge in [-0.2, -0.15) is 0 Å². The Kier molecular flexibility index (Phi) is 4.32. The van der Waals surface area contributed by atoms with Gasteiger partial charge in [0.15, 0.2) is 0 Å². The maximum absolute atomic E-state index is 12.6. The molecule has 1 aromatic heterocycles. The second kappa shape index (κ2) is 6.62. The fourth-order valence-corrected chi connectivity index (χ4v) is 3.56. The van der Waals surface area contributed by atoms with Gasteiger partial charge in [0.2, 0.25) is 0 Å². The van der Waals surface area contributed by atoms with E-state index in [1.54, 1.807) is 0 Å². The largest absolute Gasteiger partial charge is 0.321 e. The van der Waals surface area contributed by atoms with Crippen LogP contribution in [-0.4, -0.2) is 4.98 Å². The van der Waals surface area contributed by atoms with Crippen molar-refractivity contribution in [2.24, 2.45) is 0 Å². The summed E-state index contributed by atoms with van der Waals surface area (Å²) in [5.41, 5.74) is 3.83. The van der Waals surface area contributed by atoms with Gasteiger partial charge < -0.3 is 4.98 Å². The third kappa shape index (κ3) is 3.08. The number of H-pyrrole nitrogens is 1. The van der Waals surface area contributed by atoms with E-state index in [-0.39, 0.29) is 5.56 Å². The Morgan fingerprint density at radius 2 is 1.16 bits per heavy atom. The number of hydrogen-bond acceptors (Lipinski definition) is 1. The Balaban J connectivity index is 2.11. The number of nitrogens with one attached hydrogen (secondary N) is 1. The molecule has 4 rings (SSSR count). The van der Waals surface area contributed by atoms with Crippen molar-refractivity contribution in [3.63, 3.8) is 0 Å². The third-order valence-electron chi connectivity index (χ3n) is 4.20. The molecular formula is C21H13Br2NO. The quantitative estimate of drug-likeness (QED) is 0.374. The minimum absolute atomic E-state index is 0.0746. The number of fused-ring (bicyclic) bond motifs is 1. The molecule has 122 valence electrons. The van der Waals surface area contributed by atoms with Crippen LogP contribution >= 0.6 is 31.9 Å². The van der Waals surface area contributed by atoms with E-state index in [1.807, 2.05) is 60.7 Å². The van der Waals surface area contributed by atoms with Gasteiger partial charge in [0.25, 0.3) is 5.56 Å². The van der Waals surface area contributed by atoms with Gasteiger partial charge in [0.05, 0.1) is 5.69 Å². The average molecular weight is 455 g/mol. The molecule has 0 atom stereocenters. The molecule has 0 aliphatic rings. The number of rotatable bonds is 2. The van der Waals surface area contributed by atoms with Gasteiger partial charge in [-0.15, -0.1) is 0 Å². The summed E-state index contributed by atoms with van der Waals surface area (Å²) in [5.74, 6) is 0. The molecule has 0 amide bonds. The monoisotopic (exact) mass is 453 g/mol. The Labute approximate surface area is 161 Å². The highest BCUT2D eigenvalue weighted by Gasteiger charge is 2.14. The maximum Gasteiger partial charge on any atom is 0.256 e. The normalized spacial score (nSPS) is 11.0. The van der Waals surface area contributed by atoms with Gasteiger partial charge in [-0.3, -0.25) is 4.79 Å². The van der Waals surface area contributed by atoms with Crippen LogP contribution in [0.2, 0.25) is 0 Å². The van der Waals surface area contributed by atoms with E-state index in [2.05, 4.69) is 49.0 Å². The summed E-state index contributed by atoms with van der Waals surface area (Å²) in [5, 5.41) is 1.65. The molecule has 0 unspecified atom stereocenters. The van der Waals surface area contributed by atoms with Gasteiger partial charge in [0, 0.05) is 19.9 Å². The van der Waals surface area contributed by atoms with Gasteiger partial charge >= 0.3 is 0 Å². The van der Waals surface area contributed by atoms with Gasteiger partial charge in [-0.05, 0) is 46.8 Å². The lowest BCUT2D eigenvalue weighted by molar-refractivity contribution is 1.28. The molecule has 2 nitrogen and oxygen atoms in total. The van der Waals surface area contributed by atoms with Crippen LogP contribution in [0.4, 0.5) is 0 Å². The second-order valence-electron chi connectivity index (χ2n) is 5.76. The lowest BCUT2D eigenvalue weighted by atomic mass is 9.94. The van der Waals surface area contributed by atoms with Crippen LogP contribution in [0.3, 0.4) is 0 Å². The topological polar surface area (TPSA) is 32.9 Å². The number of halogens is 2. The first-order valence-electron chi connectivity index (χ1n) is 7.80. The Bertz CT molecular complexity index is 1110. The zero-order valence-corrected chi connectivity index (χ0v) is 16.3. The third-order valence-corrected chi connectivity index (χ3v) is 5.25. The van der Waals surface area contributed by atoms with Crippen LogP contribution < -0.4 is 5.56 Å². The molecule has 0 bridgehead atoms. The zero-order chi connectivity index (χ0) is 17.4. The summed E-state index contributed by atoms with van der Waals surface area (Å²) in [7, 11) is 0. The van der Waals surface area contributed by atoms with Crippen molar-refractivity contribution in [2.75, 3.05) is 0 Å². The lowest BCUT2D eigenvalue weighted by Crippen LogP contribution is -2.09. The molecule has 0 saturated heterocycles. The molecule has 0 spiro atoms. The van der Waals surface area contributed by atoms with Crippen LogP contribution in [0.1, 0.15) is 0 Å².